The molecule has 10 heteroatoms. The molecule has 1 unspecified atom stereocenters. The van der Waals surface area contributed by atoms with Gasteiger partial charge in [0.2, 0.25) is 0 Å². The number of furan rings is 1. The van der Waals surface area contributed by atoms with Crippen LogP contribution in [0.1, 0.15) is 45.1 Å². The Morgan fingerprint density at radius 1 is 1.00 bits per heavy atom. The average molecular weight is 486 g/mol. The molecule has 2 aromatic heterocycles. The third-order valence-electron chi connectivity index (χ3n) is 5.38. The minimum atomic E-state index is -0.589. The Balaban J connectivity index is 1.50. The van der Waals surface area contributed by atoms with Gasteiger partial charge in [0.1, 0.15) is 11.4 Å². The van der Waals surface area contributed by atoms with E-state index in [0.29, 0.717) is 5.76 Å². The Labute approximate surface area is 206 Å². The van der Waals surface area contributed by atoms with Crippen molar-refractivity contribution in [3.8, 4) is 0 Å². The summed E-state index contributed by atoms with van der Waals surface area (Å²) in [5, 5.41) is 20.2. The first kappa shape index (κ1) is 24.1. The highest BCUT2D eigenvalue weighted by Gasteiger charge is 2.21. The molecule has 3 N–H and O–H groups in total. The molecule has 0 saturated heterocycles. The van der Waals surface area contributed by atoms with Crippen LogP contribution in [0.4, 0.5) is 17.1 Å². The van der Waals surface area contributed by atoms with E-state index >= 15 is 0 Å². The van der Waals surface area contributed by atoms with E-state index in [0.717, 1.165) is 5.69 Å². The number of hydrogen-bond acceptors (Lipinski definition) is 7. The van der Waals surface area contributed by atoms with Gasteiger partial charge < -0.3 is 20.4 Å². The predicted octanol–water partition coefficient (Wildman–Crippen LogP) is 4.94. The van der Waals surface area contributed by atoms with Gasteiger partial charge in [0.05, 0.1) is 40.7 Å². The number of nitro groups is 1. The molecular weight excluding hydrogens is 462 g/mol. The number of rotatable bonds is 9. The van der Waals surface area contributed by atoms with Crippen LogP contribution < -0.4 is 16.0 Å². The van der Waals surface area contributed by atoms with Gasteiger partial charge in [0.25, 0.3) is 17.5 Å². The fourth-order valence-corrected chi connectivity index (χ4v) is 3.55. The summed E-state index contributed by atoms with van der Waals surface area (Å²) in [6.45, 7) is 2.02. The Kier molecular flexibility index (Phi) is 7.35. The SMILES string of the molecule is CC(Nc1ccc(C(=O)Nc2ccccc2C(=O)NCc2ccco2)cc1[N+](=O)[O-])c1ccccn1. The molecule has 0 aliphatic heterocycles. The number of aromatic nitrogens is 1. The Hall–Kier alpha value is -4.99. The van der Waals surface area contributed by atoms with Crippen LogP contribution in [0.15, 0.2) is 89.7 Å². The fourth-order valence-electron chi connectivity index (χ4n) is 3.55. The molecule has 2 heterocycles. The summed E-state index contributed by atoms with van der Waals surface area (Å²) in [4.78, 5) is 41.1. The van der Waals surface area contributed by atoms with Gasteiger partial charge >= 0.3 is 0 Å². The van der Waals surface area contributed by atoms with Crippen LogP contribution in [0.5, 0.6) is 0 Å². The molecule has 10 nitrogen and oxygen atoms in total. The molecule has 0 saturated carbocycles. The molecule has 2 amide bonds. The lowest BCUT2D eigenvalue weighted by molar-refractivity contribution is -0.384. The van der Waals surface area contributed by atoms with Gasteiger partial charge in [0, 0.05) is 17.8 Å². The van der Waals surface area contributed by atoms with Crippen molar-refractivity contribution < 1.29 is 18.9 Å². The molecule has 2 aromatic carbocycles. The van der Waals surface area contributed by atoms with Crippen molar-refractivity contribution in [3.05, 3.63) is 118 Å². The fraction of sp³-hybridized carbons (Fsp3) is 0.115. The van der Waals surface area contributed by atoms with Gasteiger partial charge in [-0.3, -0.25) is 24.7 Å². The summed E-state index contributed by atoms with van der Waals surface area (Å²) in [5.41, 5.74) is 1.31. The predicted molar refractivity (Wildman–Crippen MR) is 134 cm³/mol. The maximum atomic E-state index is 13.0. The molecule has 0 spiro atoms. The molecule has 1 atom stereocenters. The highest BCUT2D eigenvalue weighted by Crippen LogP contribution is 2.29. The largest absolute Gasteiger partial charge is 0.467 e. The van der Waals surface area contributed by atoms with E-state index in [9.17, 15) is 19.7 Å². The van der Waals surface area contributed by atoms with E-state index in [4.69, 9.17) is 4.42 Å². The first-order valence-electron chi connectivity index (χ1n) is 11.1. The molecular formula is C26H23N5O5. The second kappa shape index (κ2) is 11.0. The van der Waals surface area contributed by atoms with Crippen LogP contribution in [0.2, 0.25) is 0 Å². The van der Waals surface area contributed by atoms with Crippen LogP contribution >= 0.6 is 0 Å². The average Bonchev–Trinajstić information content (AvgIpc) is 3.42. The van der Waals surface area contributed by atoms with Crippen molar-refractivity contribution in [2.24, 2.45) is 0 Å². The molecule has 0 aliphatic carbocycles. The van der Waals surface area contributed by atoms with E-state index in [2.05, 4.69) is 20.9 Å². The summed E-state index contributed by atoms with van der Waals surface area (Å²) >= 11 is 0. The summed E-state index contributed by atoms with van der Waals surface area (Å²) < 4.78 is 5.21. The summed E-state index contributed by atoms with van der Waals surface area (Å²) in [6.07, 6.45) is 3.15. The van der Waals surface area contributed by atoms with E-state index in [-0.39, 0.29) is 40.8 Å². The third kappa shape index (κ3) is 5.73. The lowest BCUT2D eigenvalue weighted by Crippen LogP contribution is -2.24. The van der Waals surface area contributed by atoms with E-state index in [1.807, 2.05) is 19.1 Å². The zero-order valence-electron chi connectivity index (χ0n) is 19.3. The number of anilines is 2. The maximum Gasteiger partial charge on any atom is 0.293 e. The van der Waals surface area contributed by atoms with E-state index in [1.165, 1.54) is 24.5 Å². The van der Waals surface area contributed by atoms with Gasteiger partial charge in [-0.25, -0.2) is 0 Å². The number of pyridine rings is 1. The Morgan fingerprint density at radius 3 is 2.53 bits per heavy atom. The number of carbonyl (C=O) groups excluding carboxylic acids is 2. The van der Waals surface area contributed by atoms with Gasteiger partial charge in [0.15, 0.2) is 0 Å². The number of amides is 2. The van der Waals surface area contributed by atoms with Crippen molar-refractivity contribution in [1.82, 2.24) is 10.3 Å². The van der Waals surface area contributed by atoms with Crippen molar-refractivity contribution >= 4 is 28.9 Å². The quantitative estimate of drug-likeness (QED) is 0.225. The topological polar surface area (TPSA) is 139 Å². The second-order valence-corrected chi connectivity index (χ2v) is 7.87. The van der Waals surface area contributed by atoms with E-state index in [1.54, 1.807) is 48.7 Å². The zero-order chi connectivity index (χ0) is 25.5. The highest BCUT2D eigenvalue weighted by molar-refractivity contribution is 6.09. The third-order valence-corrected chi connectivity index (χ3v) is 5.38. The second-order valence-electron chi connectivity index (χ2n) is 7.87. The Morgan fingerprint density at radius 2 is 1.81 bits per heavy atom. The first-order chi connectivity index (χ1) is 17.4. The number of nitro benzene ring substituents is 1. The smallest absolute Gasteiger partial charge is 0.293 e. The number of para-hydroxylation sites is 1. The highest BCUT2D eigenvalue weighted by atomic mass is 16.6. The van der Waals surface area contributed by atoms with Crippen molar-refractivity contribution in [1.29, 1.82) is 0 Å². The van der Waals surface area contributed by atoms with Crippen molar-refractivity contribution in [2.45, 2.75) is 19.5 Å². The van der Waals surface area contributed by atoms with Gasteiger partial charge in [-0.1, -0.05) is 18.2 Å². The molecule has 0 bridgehead atoms. The lowest BCUT2D eigenvalue weighted by atomic mass is 10.1. The van der Waals surface area contributed by atoms with Crippen LogP contribution in [0.25, 0.3) is 0 Å². The molecule has 36 heavy (non-hydrogen) atoms. The van der Waals surface area contributed by atoms with Crippen LogP contribution in [-0.4, -0.2) is 21.7 Å². The molecule has 182 valence electrons. The monoisotopic (exact) mass is 485 g/mol. The number of nitrogens with one attached hydrogen (secondary N) is 3. The first-order valence-corrected chi connectivity index (χ1v) is 11.1. The number of carbonyl (C=O) groups is 2. The number of benzene rings is 2. The zero-order valence-corrected chi connectivity index (χ0v) is 19.3. The normalized spacial score (nSPS) is 11.4. The number of nitrogens with zero attached hydrogens (tertiary/aromatic N) is 2. The van der Waals surface area contributed by atoms with E-state index < -0.39 is 16.7 Å². The molecule has 0 aliphatic rings. The van der Waals surface area contributed by atoms with Crippen LogP contribution in [0.3, 0.4) is 0 Å². The van der Waals surface area contributed by atoms with Gasteiger partial charge in [-0.2, -0.15) is 0 Å². The number of hydrogen-bond donors (Lipinski definition) is 3. The van der Waals surface area contributed by atoms with Gasteiger partial charge in [-0.15, -0.1) is 0 Å². The molecule has 0 radical (unpaired) electrons. The molecule has 4 aromatic rings. The summed E-state index contributed by atoms with van der Waals surface area (Å²) in [7, 11) is 0. The lowest BCUT2D eigenvalue weighted by Gasteiger charge is -2.15. The van der Waals surface area contributed by atoms with Gasteiger partial charge in [-0.05, 0) is 55.5 Å². The Bertz CT molecular complexity index is 1370. The van der Waals surface area contributed by atoms with Crippen molar-refractivity contribution in [3.63, 3.8) is 0 Å². The summed E-state index contributed by atoms with van der Waals surface area (Å²) in [5.74, 6) is -0.409. The minimum absolute atomic E-state index is 0.0727. The molecule has 4 rings (SSSR count). The summed E-state index contributed by atoms with van der Waals surface area (Å²) in [6, 6.07) is 19.2. The minimum Gasteiger partial charge on any atom is -0.467 e. The van der Waals surface area contributed by atoms with Crippen LogP contribution in [0, 0.1) is 10.1 Å². The molecule has 0 fully saturated rings. The van der Waals surface area contributed by atoms with Crippen LogP contribution in [-0.2, 0) is 6.54 Å². The maximum absolute atomic E-state index is 13.0. The van der Waals surface area contributed by atoms with Crippen molar-refractivity contribution in [2.75, 3.05) is 10.6 Å². The standard InChI is InChI=1S/C26H23N5O5/c1-17(21-9-4-5-13-27-21)29-23-12-11-18(15-24(23)31(34)35)25(32)30-22-10-3-2-8-20(22)26(33)28-16-19-7-6-14-36-19/h2-15,17,29H,16H2,1H3,(H,28,33)(H,30,32).